The van der Waals surface area contributed by atoms with Crippen molar-refractivity contribution in [2.45, 2.75) is 26.1 Å². The van der Waals surface area contributed by atoms with Crippen LogP contribution in [0.15, 0.2) is 83.7 Å². The number of fused-ring (bicyclic) bond motifs is 2. The largest absolute Gasteiger partial charge is 0.479 e. The van der Waals surface area contributed by atoms with E-state index >= 15 is 0 Å². The number of hydrogen-bond donors (Lipinski definition) is 1. The van der Waals surface area contributed by atoms with Crippen LogP contribution in [-0.2, 0) is 22.7 Å². The Morgan fingerprint density at radius 3 is 2.51 bits per heavy atom. The molecule has 176 valence electrons. The van der Waals surface area contributed by atoms with Crippen molar-refractivity contribution in [3.8, 4) is 5.75 Å². The summed E-state index contributed by atoms with van der Waals surface area (Å²) in [7, 11) is 0. The number of para-hydroxylation sites is 3. The number of nitrogens with zero attached hydrogens (tertiary/aromatic N) is 3. The van der Waals surface area contributed by atoms with E-state index < -0.39 is 6.10 Å². The molecule has 1 N–H and O–H groups in total. The quantitative estimate of drug-likeness (QED) is 0.469. The molecule has 4 aromatic rings. The van der Waals surface area contributed by atoms with E-state index in [-0.39, 0.29) is 30.5 Å². The Labute approximate surface area is 201 Å². The second-order valence-electron chi connectivity index (χ2n) is 8.42. The van der Waals surface area contributed by atoms with E-state index in [0.717, 1.165) is 5.56 Å². The second-order valence-corrected chi connectivity index (χ2v) is 8.42. The summed E-state index contributed by atoms with van der Waals surface area (Å²) in [6.45, 7) is 1.89. The van der Waals surface area contributed by atoms with Crippen LogP contribution in [0.2, 0.25) is 0 Å². The Bertz CT molecular complexity index is 1450. The molecule has 1 aromatic heterocycles. The number of hydrogen-bond acceptors (Lipinski definition) is 5. The number of aromatic amines is 1. The molecule has 0 saturated carbocycles. The molecule has 1 unspecified atom stereocenters. The summed E-state index contributed by atoms with van der Waals surface area (Å²) < 4.78 is 5.70. The normalized spacial score (nSPS) is 14.9. The van der Waals surface area contributed by atoms with Crippen LogP contribution < -0.4 is 15.2 Å². The average molecular weight is 469 g/mol. The van der Waals surface area contributed by atoms with E-state index in [1.54, 1.807) is 48.2 Å². The smallest absolute Gasteiger partial charge is 0.268 e. The highest BCUT2D eigenvalue weighted by Crippen LogP contribution is 2.33. The maximum absolute atomic E-state index is 13.6. The van der Waals surface area contributed by atoms with Crippen molar-refractivity contribution in [1.29, 1.82) is 0 Å². The van der Waals surface area contributed by atoms with Gasteiger partial charge in [0.05, 0.1) is 23.1 Å². The van der Waals surface area contributed by atoms with Gasteiger partial charge in [-0.2, -0.15) is 0 Å². The first-order valence-corrected chi connectivity index (χ1v) is 11.4. The van der Waals surface area contributed by atoms with Gasteiger partial charge in [-0.05, 0) is 36.8 Å². The molecule has 0 saturated heterocycles. The minimum atomic E-state index is -0.696. The standard InChI is InChI=1S/C27H24N4O4/c1-18-27(34)31(22-13-7-8-14-23(22)35-18)17-25(32)30(15-19-9-3-2-4-10-19)16-24-28-21-12-6-5-11-20(21)26(33)29-24/h2-14,18H,15-17H2,1H3,(H,28,29,33). The van der Waals surface area contributed by atoms with E-state index in [4.69, 9.17) is 4.74 Å². The highest BCUT2D eigenvalue weighted by molar-refractivity contribution is 6.03. The van der Waals surface area contributed by atoms with Crippen molar-refractivity contribution in [2.24, 2.45) is 0 Å². The number of carbonyl (C=O) groups excluding carboxylic acids is 2. The molecule has 8 heteroatoms. The first-order chi connectivity index (χ1) is 17.0. The fourth-order valence-corrected chi connectivity index (χ4v) is 4.18. The minimum Gasteiger partial charge on any atom is -0.479 e. The first kappa shape index (κ1) is 22.3. The molecule has 1 aliphatic heterocycles. The Balaban J connectivity index is 1.46. The number of amides is 2. The van der Waals surface area contributed by atoms with Crippen molar-refractivity contribution in [3.63, 3.8) is 0 Å². The van der Waals surface area contributed by atoms with Crippen LogP contribution in [0.1, 0.15) is 18.3 Å². The summed E-state index contributed by atoms with van der Waals surface area (Å²) in [5.41, 5.74) is 1.78. The van der Waals surface area contributed by atoms with E-state index in [1.807, 2.05) is 42.5 Å². The van der Waals surface area contributed by atoms with Gasteiger partial charge in [0.2, 0.25) is 5.91 Å². The van der Waals surface area contributed by atoms with Crippen LogP contribution in [0.4, 0.5) is 5.69 Å². The van der Waals surface area contributed by atoms with Crippen LogP contribution in [0.3, 0.4) is 0 Å². The zero-order valence-electron chi connectivity index (χ0n) is 19.2. The van der Waals surface area contributed by atoms with Gasteiger partial charge >= 0.3 is 0 Å². The highest BCUT2D eigenvalue weighted by Gasteiger charge is 2.33. The van der Waals surface area contributed by atoms with E-state index in [1.165, 1.54) is 4.90 Å². The molecule has 8 nitrogen and oxygen atoms in total. The zero-order valence-corrected chi connectivity index (χ0v) is 19.2. The summed E-state index contributed by atoms with van der Waals surface area (Å²) in [4.78, 5) is 49.5. The van der Waals surface area contributed by atoms with Crippen molar-refractivity contribution in [3.05, 3.63) is 101 Å². The van der Waals surface area contributed by atoms with Gasteiger partial charge in [0, 0.05) is 6.54 Å². The summed E-state index contributed by atoms with van der Waals surface area (Å²) in [5.74, 6) is 0.374. The van der Waals surface area contributed by atoms with Crippen LogP contribution in [-0.4, -0.2) is 39.3 Å². The van der Waals surface area contributed by atoms with Crippen LogP contribution in [0.25, 0.3) is 10.9 Å². The van der Waals surface area contributed by atoms with Gasteiger partial charge < -0.3 is 14.6 Å². The van der Waals surface area contributed by atoms with E-state index in [9.17, 15) is 14.4 Å². The number of nitrogens with one attached hydrogen (secondary N) is 1. The molecule has 0 bridgehead atoms. The van der Waals surface area contributed by atoms with Gasteiger partial charge in [-0.15, -0.1) is 0 Å². The summed E-state index contributed by atoms with van der Waals surface area (Å²) in [6, 6.07) is 23.8. The lowest BCUT2D eigenvalue weighted by molar-refractivity contribution is -0.134. The number of H-pyrrole nitrogens is 1. The topological polar surface area (TPSA) is 95.6 Å². The lowest BCUT2D eigenvalue weighted by atomic mass is 10.1. The van der Waals surface area contributed by atoms with E-state index in [2.05, 4.69) is 9.97 Å². The van der Waals surface area contributed by atoms with Gasteiger partial charge in [0.25, 0.3) is 11.5 Å². The van der Waals surface area contributed by atoms with Crippen molar-refractivity contribution in [2.75, 3.05) is 11.4 Å². The van der Waals surface area contributed by atoms with Crippen LogP contribution >= 0.6 is 0 Å². The molecule has 0 fully saturated rings. The zero-order chi connectivity index (χ0) is 24.4. The lowest BCUT2D eigenvalue weighted by Crippen LogP contribution is -2.49. The van der Waals surface area contributed by atoms with Gasteiger partial charge in [-0.3, -0.25) is 19.3 Å². The molecule has 1 aliphatic rings. The average Bonchev–Trinajstić information content (AvgIpc) is 2.87. The van der Waals surface area contributed by atoms with Crippen molar-refractivity contribution >= 4 is 28.4 Å². The number of aromatic nitrogens is 2. The van der Waals surface area contributed by atoms with Crippen LogP contribution in [0.5, 0.6) is 5.75 Å². The molecule has 3 aromatic carbocycles. The number of carbonyl (C=O) groups is 2. The molecule has 0 spiro atoms. The molecule has 0 aliphatic carbocycles. The SMILES string of the molecule is CC1Oc2ccccc2N(CC(=O)N(Cc2ccccc2)Cc2nc3ccccc3c(=O)[nH]2)C1=O. The summed E-state index contributed by atoms with van der Waals surface area (Å²) >= 11 is 0. The predicted octanol–water partition coefficient (Wildman–Crippen LogP) is 3.27. The van der Waals surface area contributed by atoms with Gasteiger partial charge in [0.1, 0.15) is 18.1 Å². The Kier molecular flexibility index (Phi) is 6.01. The molecule has 2 heterocycles. The molecular weight excluding hydrogens is 444 g/mol. The third kappa shape index (κ3) is 4.63. The third-order valence-electron chi connectivity index (χ3n) is 5.94. The number of rotatable bonds is 6. The lowest BCUT2D eigenvalue weighted by Gasteiger charge is -2.34. The molecule has 0 radical (unpaired) electrons. The maximum atomic E-state index is 13.6. The Hall–Kier alpha value is -4.46. The minimum absolute atomic E-state index is 0.0868. The summed E-state index contributed by atoms with van der Waals surface area (Å²) in [6.07, 6.45) is -0.696. The van der Waals surface area contributed by atoms with E-state index in [0.29, 0.717) is 34.7 Å². The fourth-order valence-electron chi connectivity index (χ4n) is 4.18. The van der Waals surface area contributed by atoms with Crippen LogP contribution in [0, 0.1) is 0 Å². The van der Waals surface area contributed by atoms with Gasteiger partial charge in [0.15, 0.2) is 6.10 Å². The number of benzene rings is 3. The molecule has 5 rings (SSSR count). The second kappa shape index (κ2) is 9.42. The molecule has 35 heavy (non-hydrogen) atoms. The Morgan fingerprint density at radius 2 is 1.69 bits per heavy atom. The molecule has 1 atom stereocenters. The van der Waals surface area contributed by atoms with Crippen molar-refractivity contribution in [1.82, 2.24) is 14.9 Å². The monoisotopic (exact) mass is 468 g/mol. The molecule has 2 amide bonds. The fraction of sp³-hybridized carbons (Fsp3) is 0.185. The summed E-state index contributed by atoms with van der Waals surface area (Å²) in [5, 5.41) is 0.488. The van der Waals surface area contributed by atoms with Crippen molar-refractivity contribution < 1.29 is 14.3 Å². The third-order valence-corrected chi connectivity index (χ3v) is 5.94. The highest BCUT2D eigenvalue weighted by atomic mass is 16.5. The number of ether oxygens (including phenoxy) is 1. The number of anilines is 1. The Morgan fingerprint density at radius 1 is 0.971 bits per heavy atom. The first-order valence-electron chi connectivity index (χ1n) is 11.4. The molecular formula is C27H24N4O4. The van der Waals surface area contributed by atoms with Gasteiger partial charge in [-0.1, -0.05) is 54.6 Å². The predicted molar refractivity (Wildman–Crippen MR) is 132 cm³/mol. The maximum Gasteiger partial charge on any atom is 0.268 e. The van der Waals surface area contributed by atoms with Gasteiger partial charge in [-0.25, -0.2) is 4.98 Å².